The summed E-state index contributed by atoms with van der Waals surface area (Å²) in [7, 11) is 0. The molecule has 2 aliphatic rings. The number of phenols is 2. The number of rotatable bonds is 4. The first-order valence-electron chi connectivity index (χ1n) is 14.2. The number of fused-ring (bicyclic) bond motifs is 6. The third kappa shape index (κ3) is 4.27. The second-order valence-electron chi connectivity index (χ2n) is 11.2. The van der Waals surface area contributed by atoms with Crippen LogP contribution in [-0.4, -0.2) is 46.9 Å². The maximum absolute atomic E-state index is 14.1. The van der Waals surface area contributed by atoms with E-state index >= 15 is 0 Å². The van der Waals surface area contributed by atoms with E-state index < -0.39 is 0 Å². The second kappa shape index (κ2) is 10.8. The first-order valence-corrected chi connectivity index (χ1v) is 15.3. The van der Waals surface area contributed by atoms with Crippen LogP contribution in [0, 0.1) is 12.3 Å². The molecule has 0 radical (unpaired) electrons. The molecule has 218 valence electrons. The van der Waals surface area contributed by atoms with Gasteiger partial charge in [0.25, 0.3) is 11.8 Å². The van der Waals surface area contributed by atoms with E-state index in [1.54, 1.807) is 40.1 Å². The molecule has 5 aromatic carbocycles. The molecule has 0 saturated heterocycles. The van der Waals surface area contributed by atoms with Crippen molar-refractivity contribution in [2.75, 3.05) is 34.6 Å². The summed E-state index contributed by atoms with van der Waals surface area (Å²) in [6, 6.07) is 22.9. The molecule has 0 bridgehead atoms. The van der Waals surface area contributed by atoms with Crippen LogP contribution in [0.1, 0.15) is 49.2 Å². The van der Waals surface area contributed by atoms with Gasteiger partial charge in [-0.2, -0.15) is 0 Å². The van der Waals surface area contributed by atoms with Gasteiger partial charge in [-0.3, -0.25) is 9.59 Å². The van der Waals surface area contributed by atoms with Crippen molar-refractivity contribution in [3.8, 4) is 23.8 Å². The normalized spacial score (nSPS) is 17.1. The Morgan fingerprint density at radius 3 is 1.50 bits per heavy atom. The van der Waals surface area contributed by atoms with Crippen molar-refractivity contribution in [1.29, 1.82) is 0 Å². The van der Waals surface area contributed by atoms with Crippen LogP contribution in [0.3, 0.4) is 0 Å². The predicted molar refractivity (Wildman–Crippen MR) is 176 cm³/mol. The molecule has 2 aliphatic heterocycles. The van der Waals surface area contributed by atoms with E-state index in [1.165, 1.54) is 0 Å². The van der Waals surface area contributed by atoms with Gasteiger partial charge in [0, 0.05) is 76.3 Å². The zero-order chi connectivity index (χ0) is 30.7. The fourth-order valence-corrected chi connectivity index (χ4v) is 7.26. The van der Waals surface area contributed by atoms with Crippen molar-refractivity contribution >= 4 is 67.9 Å². The summed E-state index contributed by atoms with van der Waals surface area (Å²) in [6.07, 6.45) is 5.80. The highest BCUT2D eigenvalue weighted by Gasteiger charge is 2.37. The lowest BCUT2D eigenvalue weighted by molar-refractivity contribution is 0.0987. The van der Waals surface area contributed by atoms with E-state index in [-0.39, 0.29) is 58.0 Å². The van der Waals surface area contributed by atoms with Gasteiger partial charge in [-0.1, -0.05) is 54.5 Å². The number of benzene rings is 5. The van der Waals surface area contributed by atoms with Crippen molar-refractivity contribution in [3.63, 3.8) is 0 Å². The van der Waals surface area contributed by atoms with Gasteiger partial charge < -0.3 is 20.0 Å². The molecule has 0 unspecified atom stereocenters. The number of hydrogen-bond acceptors (Lipinski definition) is 4. The molecule has 2 N–H and O–H groups in total. The Hall–Kier alpha value is -4.70. The molecular formula is C36H26Cl2N2O4. The molecule has 44 heavy (non-hydrogen) atoms. The van der Waals surface area contributed by atoms with E-state index in [2.05, 4.69) is 5.92 Å². The van der Waals surface area contributed by atoms with Gasteiger partial charge in [-0.15, -0.1) is 29.6 Å². The maximum atomic E-state index is 14.1. The summed E-state index contributed by atoms with van der Waals surface area (Å²) in [5.74, 6) is 2.29. The third-order valence-corrected chi connectivity index (χ3v) is 9.49. The number of aromatic hydroxyl groups is 2. The average molecular weight is 622 g/mol. The van der Waals surface area contributed by atoms with Crippen molar-refractivity contribution < 1.29 is 19.8 Å². The average Bonchev–Trinajstić information content (AvgIpc) is 3.62. The van der Waals surface area contributed by atoms with Gasteiger partial charge in [-0.25, -0.2) is 0 Å². The fourth-order valence-electron chi connectivity index (χ4n) is 6.76. The number of phenolic OH excluding ortho intramolecular Hbond substituents is 2. The molecule has 2 amide bonds. The minimum atomic E-state index is -0.358. The van der Waals surface area contributed by atoms with E-state index in [0.29, 0.717) is 40.8 Å². The molecule has 0 spiro atoms. The third-order valence-electron chi connectivity index (χ3n) is 8.75. The lowest BCUT2D eigenvalue weighted by Gasteiger charge is -2.21. The molecule has 0 aromatic heterocycles. The summed E-state index contributed by atoms with van der Waals surface area (Å²) in [4.78, 5) is 31.4. The van der Waals surface area contributed by atoms with Crippen LogP contribution in [0.5, 0.6) is 11.5 Å². The van der Waals surface area contributed by atoms with Crippen LogP contribution in [0.25, 0.3) is 21.5 Å². The number of hydrogen-bond donors (Lipinski definition) is 2. The van der Waals surface area contributed by atoms with E-state index in [1.807, 2.05) is 48.5 Å². The molecule has 5 aromatic rings. The minimum Gasteiger partial charge on any atom is -0.507 e. The maximum Gasteiger partial charge on any atom is 0.258 e. The Bertz CT molecular complexity index is 1930. The number of alkyl halides is 2. The SMILES string of the molecule is C#Cc1cc(C(=O)N2C[C@@H](CCl)c3c2cc(O)c2ccccc32)cc(C(=O)N2C[C@@H](CCl)c3c2cc(O)c2ccccc32)c1. The van der Waals surface area contributed by atoms with Crippen LogP contribution in [0.2, 0.25) is 0 Å². The largest absolute Gasteiger partial charge is 0.507 e. The Kier molecular flexibility index (Phi) is 6.88. The Morgan fingerprint density at radius 1 is 0.705 bits per heavy atom. The van der Waals surface area contributed by atoms with Crippen molar-refractivity contribution in [1.82, 2.24) is 0 Å². The second-order valence-corrected chi connectivity index (χ2v) is 11.8. The summed E-state index contributed by atoms with van der Waals surface area (Å²) in [6.45, 7) is 0.635. The van der Waals surface area contributed by atoms with Crippen LogP contribution in [0.4, 0.5) is 11.4 Å². The summed E-state index contributed by atoms with van der Waals surface area (Å²) < 4.78 is 0. The Balaban J connectivity index is 1.30. The monoisotopic (exact) mass is 620 g/mol. The quantitative estimate of drug-likeness (QED) is 0.163. The van der Waals surface area contributed by atoms with Gasteiger partial charge in [0.1, 0.15) is 11.5 Å². The van der Waals surface area contributed by atoms with Crippen molar-refractivity contribution in [2.24, 2.45) is 0 Å². The number of amides is 2. The van der Waals surface area contributed by atoms with Crippen LogP contribution in [0.15, 0.2) is 78.9 Å². The van der Waals surface area contributed by atoms with Gasteiger partial charge in [-0.05, 0) is 40.1 Å². The Morgan fingerprint density at radius 2 is 1.11 bits per heavy atom. The molecule has 6 nitrogen and oxygen atoms in total. The van der Waals surface area contributed by atoms with Crippen LogP contribution in [-0.2, 0) is 0 Å². The van der Waals surface area contributed by atoms with Gasteiger partial charge >= 0.3 is 0 Å². The molecule has 0 aliphatic carbocycles. The van der Waals surface area contributed by atoms with Crippen LogP contribution < -0.4 is 9.80 Å². The molecular weight excluding hydrogens is 595 g/mol. The number of carbonyl (C=O) groups is 2. The highest BCUT2D eigenvalue weighted by molar-refractivity contribution is 6.20. The number of nitrogens with zero attached hydrogens (tertiary/aromatic N) is 2. The van der Waals surface area contributed by atoms with Crippen LogP contribution >= 0.6 is 23.2 Å². The molecule has 2 heterocycles. The fraction of sp³-hybridized carbons (Fsp3) is 0.167. The topological polar surface area (TPSA) is 81.1 Å². The van der Waals surface area contributed by atoms with E-state index in [4.69, 9.17) is 29.6 Å². The minimum absolute atomic E-state index is 0.0675. The zero-order valence-corrected chi connectivity index (χ0v) is 24.9. The molecule has 0 saturated carbocycles. The van der Waals surface area contributed by atoms with Gasteiger partial charge in [0.15, 0.2) is 0 Å². The van der Waals surface area contributed by atoms with Gasteiger partial charge in [0.2, 0.25) is 0 Å². The van der Waals surface area contributed by atoms with Gasteiger partial charge in [0.05, 0.1) is 11.4 Å². The summed E-state index contributed by atoms with van der Waals surface area (Å²) in [5.41, 5.74) is 3.83. The molecule has 0 fully saturated rings. The highest BCUT2D eigenvalue weighted by Crippen LogP contribution is 2.47. The molecule has 2 atom stereocenters. The van der Waals surface area contributed by atoms with Crippen molar-refractivity contribution in [3.05, 3.63) is 107 Å². The van der Waals surface area contributed by atoms with Crippen molar-refractivity contribution in [2.45, 2.75) is 11.8 Å². The van der Waals surface area contributed by atoms with E-state index in [0.717, 1.165) is 21.9 Å². The standard InChI is InChI=1S/C36H26Cl2N2O4/c1-2-20-11-21(35(43)39-18-23(16-37)33-27-9-5-3-7-25(27)31(41)14-29(33)39)13-22(12-20)36(44)40-19-24(17-38)34-28-10-6-4-8-26(28)32(42)15-30(34)40/h1,3-15,23-24,41-42H,16-19H2/t23-,24-/m1/s1. The smallest absolute Gasteiger partial charge is 0.258 e. The first-order chi connectivity index (χ1) is 21.3. The number of halogens is 2. The summed E-state index contributed by atoms with van der Waals surface area (Å²) >= 11 is 12.8. The summed E-state index contributed by atoms with van der Waals surface area (Å²) in [5, 5.41) is 24.7. The number of anilines is 2. The lowest BCUT2D eigenvalue weighted by Crippen LogP contribution is -2.32. The lowest BCUT2D eigenvalue weighted by atomic mass is 9.95. The van der Waals surface area contributed by atoms with E-state index in [9.17, 15) is 19.8 Å². The number of terminal acetylenes is 1. The highest BCUT2D eigenvalue weighted by atomic mass is 35.5. The first kappa shape index (κ1) is 28.1. The molecule has 7 rings (SSSR count). The molecule has 8 heteroatoms. The Labute approximate surface area is 264 Å². The predicted octanol–water partition coefficient (Wildman–Crippen LogP) is 7.35. The zero-order valence-electron chi connectivity index (χ0n) is 23.4. The number of carbonyl (C=O) groups excluding carboxylic acids is 2.